The zero-order chi connectivity index (χ0) is 15.6. The summed E-state index contributed by atoms with van der Waals surface area (Å²) in [7, 11) is 1.92. The van der Waals surface area contributed by atoms with Crippen LogP contribution in [0.4, 0.5) is 5.82 Å². The van der Waals surface area contributed by atoms with Crippen LogP contribution < -0.4 is 5.32 Å². The maximum absolute atomic E-state index is 4.71. The normalized spacial score (nSPS) is 11.0. The largest absolute Gasteiger partial charge is 0.373 e. The lowest BCUT2D eigenvalue weighted by Crippen LogP contribution is -2.09. The Morgan fingerprint density at radius 1 is 1.00 bits per heavy atom. The van der Waals surface area contributed by atoms with Crippen LogP contribution in [0, 0.1) is 20.8 Å². The van der Waals surface area contributed by atoms with Gasteiger partial charge in [0.15, 0.2) is 0 Å². The first-order chi connectivity index (χ1) is 9.90. The van der Waals surface area contributed by atoms with Crippen molar-refractivity contribution >= 4 is 5.82 Å². The molecule has 0 aliphatic carbocycles. The van der Waals surface area contributed by atoms with Gasteiger partial charge in [-0.15, -0.1) is 0 Å². The predicted molar refractivity (Wildman–Crippen MR) is 89.1 cm³/mol. The molecule has 0 fully saturated rings. The molecule has 2 aromatic rings. The monoisotopic (exact) mass is 283 g/mol. The van der Waals surface area contributed by atoms with Gasteiger partial charge in [0, 0.05) is 24.7 Å². The second-order valence-corrected chi connectivity index (χ2v) is 6.06. The first-order valence-corrected chi connectivity index (χ1v) is 7.53. The van der Waals surface area contributed by atoms with Crippen molar-refractivity contribution in [1.29, 1.82) is 0 Å². The Morgan fingerprint density at radius 3 is 2.14 bits per heavy atom. The quantitative estimate of drug-likeness (QED) is 0.915. The van der Waals surface area contributed by atoms with Gasteiger partial charge in [0.1, 0.15) is 11.6 Å². The van der Waals surface area contributed by atoms with Gasteiger partial charge in [-0.25, -0.2) is 9.97 Å². The number of rotatable bonds is 4. The highest BCUT2D eigenvalue weighted by atomic mass is 15.0. The summed E-state index contributed by atoms with van der Waals surface area (Å²) in [5.74, 6) is 2.26. The van der Waals surface area contributed by atoms with Crippen molar-refractivity contribution in [2.75, 3.05) is 12.4 Å². The zero-order valence-corrected chi connectivity index (χ0v) is 13.9. The highest BCUT2D eigenvalue weighted by molar-refractivity contribution is 5.48. The van der Waals surface area contributed by atoms with E-state index in [9.17, 15) is 0 Å². The summed E-state index contributed by atoms with van der Waals surface area (Å²) < 4.78 is 0. The van der Waals surface area contributed by atoms with Gasteiger partial charge in [-0.2, -0.15) is 0 Å². The summed E-state index contributed by atoms with van der Waals surface area (Å²) in [5.41, 5.74) is 6.13. The van der Waals surface area contributed by atoms with E-state index in [2.05, 4.69) is 58.1 Å². The third kappa shape index (κ3) is 3.60. The Morgan fingerprint density at radius 2 is 1.62 bits per heavy atom. The van der Waals surface area contributed by atoms with Crippen LogP contribution in [0.1, 0.15) is 53.5 Å². The summed E-state index contributed by atoms with van der Waals surface area (Å²) in [6.45, 7) is 10.7. The Bertz CT molecular complexity index is 625. The third-order valence-electron chi connectivity index (χ3n) is 3.64. The summed E-state index contributed by atoms with van der Waals surface area (Å²) in [6, 6.07) is 6.61. The minimum atomic E-state index is 0.419. The lowest BCUT2D eigenvalue weighted by Gasteiger charge is -2.15. The molecule has 0 saturated carbocycles. The van der Waals surface area contributed by atoms with Gasteiger partial charge in [0.2, 0.25) is 0 Å². The molecule has 0 aliphatic heterocycles. The topological polar surface area (TPSA) is 37.8 Å². The summed E-state index contributed by atoms with van der Waals surface area (Å²) in [5, 5.41) is 3.22. The standard InChI is InChI=1S/C18H25N3/c1-11(2)17-14(5)20-16(21-18(17)19-6)10-15-8-12(3)7-13(4)9-15/h7-9,11H,10H2,1-6H3,(H,19,20,21). The summed E-state index contributed by atoms with van der Waals surface area (Å²) in [6.07, 6.45) is 0.774. The fourth-order valence-corrected chi connectivity index (χ4v) is 2.95. The van der Waals surface area contributed by atoms with E-state index in [0.717, 1.165) is 23.8 Å². The molecular formula is C18H25N3. The molecule has 1 aromatic heterocycles. The molecule has 1 heterocycles. The average molecular weight is 283 g/mol. The van der Waals surface area contributed by atoms with E-state index in [4.69, 9.17) is 9.97 Å². The SMILES string of the molecule is CNc1nc(Cc2cc(C)cc(C)c2)nc(C)c1C(C)C. The molecule has 0 bridgehead atoms. The van der Waals surface area contributed by atoms with E-state index < -0.39 is 0 Å². The van der Waals surface area contributed by atoms with Gasteiger partial charge in [-0.3, -0.25) is 0 Å². The Labute approximate surface area is 127 Å². The Hall–Kier alpha value is -1.90. The van der Waals surface area contributed by atoms with Gasteiger partial charge in [0.05, 0.1) is 0 Å². The molecule has 3 nitrogen and oxygen atoms in total. The number of hydrogen-bond acceptors (Lipinski definition) is 3. The molecule has 0 spiro atoms. The first kappa shape index (κ1) is 15.5. The summed E-state index contributed by atoms with van der Waals surface area (Å²) in [4.78, 5) is 9.41. The first-order valence-electron chi connectivity index (χ1n) is 7.53. The fraction of sp³-hybridized carbons (Fsp3) is 0.444. The van der Waals surface area contributed by atoms with E-state index in [1.54, 1.807) is 0 Å². The van der Waals surface area contributed by atoms with Crippen LogP contribution in [0.2, 0.25) is 0 Å². The van der Waals surface area contributed by atoms with Gasteiger partial charge in [0.25, 0.3) is 0 Å². The number of aromatic nitrogens is 2. The molecule has 1 N–H and O–H groups in total. The molecule has 0 saturated heterocycles. The van der Waals surface area contributed by atoms with Crippen LogP contribution in [-0.4, -0.2) is 17.0 Å². The number of nitrogens with one attached hydrogen (secondary N) is 1. The second kappa shape index (κ2) is 6.25. The Kier molecular flexibility index (Phi) is 4.61. The molecular weight excluding hydrogens is 258 g/mol. The van der Waals surface area contributed by atoms with Crippen molar-refractivity contribution in [1.82, 2.24) is 9.97 Å². The second-order valence-electron chi connectivity index (χ2n) is 6.06. The van der Waals surface area contributed by atoms with E-state index in [-0.39, 0.29) is 0 Å². The van der Waals surface area contributed by atoms with Crippen molar-refractivity contribution in [3.05, 3.63) is 52.0 Å². The van der Waals surface area contributed by atoms with Gasteiger partial charge in [-0.1, -0.05) is 43.2 Å². The van der Waals surface area contributed by atoms with E-state index in [1.165, 1.54) is 22.3 Å². The molecule has 1 aromatic carbocycles. The number of anilines is 1. The fourth-order valence-electron chi connectivity index (χ4n) is 2.95. The number of hydrogen-bond donors (Lipinski definition) is 1. The molecule has 0 aliphatic rings. The Balaban J connectivity index is 2.39. The van der Waals surface area contributed by atoms with E-state index >= 15 is 0 Å². The molecule has 0 amide bonds. The van der Waals surface area contributed by atoms with E-state index in [0.29, 0.717) is 5.92 Å². The van der Waals surface area contributed by atoms with E-state index in [1.807, 2.05) is 7.05 Å². The van der Waals surface area contributed by atoms with Crippen LogP contribution >= 0.6 is 0 Å². The van der Waals surface area contributed by atoms with Gasteiger partial charge >= 0.3 is 0 Å². The molecule has 0 atom stereocenters. The van der Waals surface area contributed by atoms with Gasteiger partial charge in [-0.05, 0) is 32.3 Å². The van der Waals surface area contributed by atoms with Crippen molar-refractivity contribution in [2.24, 2.45) is 0 Å². The number of nitrogens with zero attached hydrogens (tertiary/aromatic N) is 2. The maximum atomic E-state index is 4.71. The van der Waals surface area contributed by atoms with Crippen LogP contribution in [0.15, 0.2) is 18.2 Å². The minimum Gasteiger partial charge on any atom is -0.373 e. The van der Waals surface area contributed by atoms with Crippen molar-refractivity contribution < 1.29 is 0 Å². The molecule has 0 radical (unpaired) electrons. The smallest absolute Gasteiger partial charge is 0.135 e. The van der Waals surface area contributed by atoms with Crippen molar-refractivity contribution in [3.8, 4) is 0 Å². The van der Waals surface area contributed by atoms with Crippen LogP contribution in [0.3, 0.4) is 0 Å². The molecule has 112 valence electrons. The molecule has 21 heavy (non-hydrogen) atoms. The van der Waals surface area contributed by atoms with Crippen LogP contribution in [-0.2, 0) is 6.42 Å². The van der Waals surface area contributed by atoms with Crippen LogP contribution in [0.25, 0.3) is 0 Å². The van der Waals surface area contributed by atoms with Crippen LogP contribution in [0.5, 0.6) is 0 Å². The molecule has 2 rings (SSSR count). The summed E-state index contributed by atoms with van der Waals surface area (Å²) >= 11 is 0. The maximum Gasteiger partial charge on any atom is 0.135 e. The highest BCUT2D eigenvalue weighted by Gasteiger charge is 2.14. The average Bonchev–Trinajstić information content (AvgIpc) is 2.35. The number of aryl methyl sites for hydroxylation is 3. The van der Waals surface area contributed by atoms with Crippen molar-refractivity contribution in [2.45, 2.75) is 47.0 Å². The zero-order valence-electron chi connectivity index (χ0n) is 13.9. The predicted octanol–water partition coefficient (Wildman–Crippen LogP) is 4.16. The minimum absolute atomic E-state index is 0.419. The number of benzene rings is 1. The highest BCUT2D eigenvalue weighted by Crippen LogP contribution is 2.25. The van der Waals surface area contributed by atoms with Gasteiger partial charge < -0.3 is 5.32 Å². The molecule has 3 heteroatoms. The molecule has 0 unspecified atom stereocenters. The third-order valence-corrected chi connectivity index (χ3v) is 3.64. The lowest BCUT2D eigenvalue weighted by atomic mass is 10.0. The van der Waals surface area contributed by atoms with Crippen molar-refractivity contribution in [3.63, 3.8) is 0 Å². The lowest BCUT2D eigenvalue weighted by molar-refractivity contribution is 0.813.